The molecule has 0 aromatic heterocycles. The van der Waals surface area contributed by atoms with E-state index in [0.29, 0.717) is 23.7 Å². The van der Waals surface area contributed by atoms with Crippen LogP contribution in [0.4, 0.5) is 0 Å². The molecule has 0 heterocycles. The van der Waals surface area contributed by atoms with Crippen molar-refractivity contribution in [2.45, 2.75) is 46.5 Å². The Morgan fingerprint density at radius 3 is 2.54 bits per heavy atom. The highest BCUT2D eigenvalue weighted by atomic mass is 16.4. The Bertz CT molecular complexity index is 196. The molecular weight excluding hydrogens is 164 g/mol. The molecule has 0 bridgehead atoms. The summed E-state index contributed by atoms with van der Waals surface area (Å²) in [5, 5.41) is 8.72. The van der Waals surface area contributed by atoms with Crippen LogP contribution in [0.5, 0.6) is 0 Å². The van der Waals surface area contributed by atoms with E-state index in [4.69, 9.17) is 5.11 Å². The molecule has 1 aliphatic carbocycles. The first-order valence-electron chi connectivity index (χ1n) is 5.11. The van der Waals surface area contributed by atoms with E-state index in [9.17, 15) is 4.79 Å². The zero-order valence-electron chi connectivity index (χ0n) is 8.84. The van der Waals surface area contributed by atoms with Gasteiger partial charge in [-0.05, 0) is 36.5 Å². The summed E-state index contributed by atoms with van der Waals surface area (Å²) in [6.45, 7) is 6.73. The first kappa shape index (κ1) is 10.6. The molecule has 2 nitrogen and oxygen atoms in total. The molecule has 0 unspecified atom stereocenters. The largest absolute Gasteiger partial charge is 0.481 e. The Labute approximate surface area is 80.3 Å². The molecule has 1 saturated carbocycles. The van der Waals surface area contributed by atoms with Crippen LogP contribution in [-0.4, -0.2) is 11.1 Å². The number of hydrogen-bond donors (Lipinski definition) is 1. The molecular formula is C11H20O2. The minimum absolute atomic E-state index is 0.345. The van der Waals surface area contributed by atoms with Crippen molar-refractivity contribution in [1.82, 2.24) is 0 Å². The second-order valence-corrected chi connectivity index (χ2v) is 5.38. The summed E-state index contributed by atoms with van der Waals surface area (Å²) < 4.78 is 0. The van der Waals surface area contributed by atoms with Gasteiger partial charge in [-0.3, -0.25) is 4.79 Å². The van der Waals surface area contributed by atoms with Gasteiger partial charge in [0.2, 0.25) is 0 Å². The van der Waals surface area contributed by atoms with E-state index in [1.807, 2.05) is 0 Å². The first-order chi connectivity index (χ1) is 5.89. The van der Waals surface area contributed by atoms with Crippen LogP contribution >= 0.6 is 0 Å². The average molecular weight is 184 g/mol. The maximum Gasteiger partial charge on any atom is 0.303 e. The van der Waals surface area contributed by atoms with Crippen LogP contribution < -0.4 is 0 Å². The van der Waals surface area contributed by atoms with Crippen molar-refractivity contribution in [2.24, 2.45) is 17.3 Å². The average Bonchev–Trinajstić information content (AvgIpc) is 1.78. The Hall–Kier alpha value is -0.530. The minimum Gasteiger partial charge on any atom is -0.481 e. The molecule has 0 radical (unpaired) electrons. The van der Waals surface area contributed by atoms with Gasteiger partial charge in [-0.15, -0.1) is 0 Å². The van der Waals surface area contributed by atoms with Crippen molar-refractivity contribution >= 4 is 5.97 Å². The molecule has 0 aromatic rings. The smallest absolute Gasteiger partial charge is 0.303 e. The Morgan fingerprint density at radius 2 is 2.08 bits per heavy atom. The van der Waals surface area contributed by atoms with Gasteiger partial charge >= 0.3 is 5.97 Å². The first-order valence-corrected chi connectivity index (χ1v) is 5.11. The predicted octanol–water partition coefficient (Wildman–Crippen LogP) is 2.92. The molecule has 1 fully saturated rings. The van der Waals surface area contributed by atoms with Crippen LogP contribution in [0.15, 0.2) is 0 Å². The van der Waals surface area contributed by atoms with Crippen molar-refractivity contribution in [3.63, 3.8) is 0 Å². The van der Waals surface area contributed by atoms with Crippen LogP contribution in [0.25, 0.3) is 0 Å². The highest BCUT2D eigenvalue weighted by molar-refractivity contribution is 5.67. The lowest BCUT2D eigenvalue weighted by Gasteiger charge is -2.38. The maximum atomic E-state index is 10.6. The topological polar surface area (TPSA) is 37.3 Å². The molecule has 1 N–H and O–H groups in total. The lowest BCUT2D eigenvalue weighted by atomic mass is 9.67. The van der Waals surface area contributed by atoms with Gasteiger partial charge < -0.3 is 5.11 Å². The number of carbonyl (C=O) groups is 1. The van der Waals surface area contributed by atoms with Crippen molar-refractivity contribution in [2.75, 3.05) is 0 Å². The van der Waals surface area contributed by atoms with Crippen LogP contribution in [0.1, 0.15) is 46.5 Å². The molecule has 0 spiro atoms. The molecule has 0 amide bonds. The summed E-state index contributed by atoms with van der Waals surface area (Å²) in [6.07, 6.45) is 3.76. The lowest BCUT2D eigenvalue weighted by Crippen LogP contribution is -2.28. The summed E-state index contributed by atoms with van der Waals surface area (Å²) in [5.74, 6) is 0.444. The molecule has 1 rings (SSSR count). The van der Waals surface area contributed by atoms with Crippen LogP contribution in [0, 0.1) is 17.3 Å². The zero-order valence-corrected chi connectivity index (χ0v) is 8.84. The standard InChI is InChI=1S/C11H20O2/c1-8-4-9(5-10(12)13)7-11(2,3)6-8/h8-9H,4-7H2,1-3H3,(H,12,13)/t8-,9+/m0/s1. The van der Waals surface area contributed by atoms with Crippen LogP contribution in [0.3, 0.4) is 0 Å². The van der Waals surface area contributed by atoms with Crippen LogP contribution in [0.2, 0.25) is 0 Å². The quantitative estimate of drug-likeness (QED) is 0.716. The normalized spacial score (nSPS) is 32.8. The van der Waals surface area contributed by atoms with Gasteiger partial charge in [-0.2, -0.15) is 0 Å². The number of carboxylic acids is 1. The summed E-state index contributed by atoms with van der Waals surface area (Å²) in [5.41, 5.74) is 0.345. The summed E-state index contributed by atoms with van der Waals surface area (Å²) in [4.78, 5) is 10.6. The van der Waals surface area contributed by atoms with Gasteiger partial charge in [-0.1, -0.05) is 20.8 Å². The third-order valence-corrected chi connectivity index (χ3v) is 2.94. The minimum atomic E-state index is -0.644. The van der Waals surface area contributed by atoms with E-state index in [0.717, 1.165) is 12.8 Å². The number of rotatable bonds is 2. The van der Waals surface area contributed by atoms with Crippen LogP contribution in [-0.2, 0) is 4.79 Å². The molecule has 76 valence electrons. The van der Waals surface area contributed by atoms with Gasteiger partial charge in [-0.25, -0.2) is 0 Å². The zero-order chi connectivity index (χ0) is 10.1. The third kappa shape index (κ3) is 3.37. The third-order valence-electron chi connectivity index (χ3n) is 2.94. The molecule has 2 heteroatoms. The summed E-state index contributed by atoms with van der Waals surface area (Å²) in [6, 6.07) is 0. The van der Waals surface area contributed by atoms with Gasteiger partial charge in [0.05, 0.1) is 0 Å². The van der Waals surface area contributed by atoms with E-state index < -0.39 is 5.97 Å². The van der Waals surface area contributed by atoms with E-state index in [2.05, 4.69) is 20.8 Å². The van der Waals surface area contributed by atoms with E-state index in [-0.39, 0.29) is 0 Å². The fourth-order valence-corrected chi connectivity index (χ4v) is 2.95. The van der Waals surface area contributed by atoms with Crippen molar-refractivity contribution in [3.8, 4) is 0 Å². The Balaban J connectivity index is 2.52. The Morgan fingerprint density at radius 1 is 1.46 bits per heavy atom. The second-order valence-electron chi connectivity index (χ2n) is 5.38. The van der Waals surface area contributed by atoms with Crippen molar-refractivity contribution in [3.05, 3.63) is 0 Å². The number of carboxylic acid groups (broad SMARTS) is 1. The van der Waals surface area contributed by atoms with E-state index in [1.165, 1.54) is 6.42 Å². The van der Waals surface area contributed by atoms with Gasteiger partial charge in [0.1, 0.15) is 0 Å². The fourth-order valence-electron chi connectivity index (χ4n) is 2.95. The lowest BCUT2D eigenvalue weighted by molar-refractivity contribution is -0.138. The number of aliphatic carboxylic acids is 1. The molecule has 1 aliphatic rings. The van der Waals surface area contributed by atoms with Crippen molar-refractivity contribution in [1.29, 1.82) is 0 Å². The van der Waals surface area contributed by atoms with Crippen molar-refractivity contribution < 1.29 is 9.90 Å². The van der Waals surface area contributed by atoms with Gasteiger partial charge in [0.15, 0.2) is 0 Å². The second kappa shape index (κ2) is 3.69. The number of hydrogen-bond acceptors (Lipinski definition) is 1. The SMILES string of the molecule is C[C@H]1C[C@H](CC(=O)O)CC(C)(C)C1. The molecule has 0 saturated heterocycles. The van der Waals surface area contributed by atoms with Gasteiger partial charge in [0.25, 0.3) is 0 Å². The fraction of sp³-hybridized carbons (Fsp3) is 0.909. The summed E-state index contributed by atoms with van der Waals surface area (Å²) >= 11 is 0. The monoisotopic (exact) mass is 184 g/mol. The highest BCUT2D eigenvalue weighted by Gasteiger charge is 2.32. The molecule has 2 atom stereocenters. The highest BCUT2D eigenvalue weighted by Crippen LogP contribution is 2.42. The predicted molar refractivity (Wildman–Crippen MR) is 52.5 cm³/mol. The molecule has 0 aromatic carbocycles. The molecule has 13 heavy (non-hydrogen) atoms. The summed E-state index contributed by atoms with van der Waals surface area (Å²) in [7, 11) is 0. The van der Waals surface area contributed by atoms with E-state index in [1.54, 1.807) is 0 Å². The van der Waals surface area contributed by atoms with E-state index >= 15 is 0 Å². The Kier molecular flexibility index (Phi) is 2.99. The maximum absolute atomic E-state index is 10.6. The molecule has 0 aliphatic heterocycles. The van der Waals surface area contributed by atoms with Gasteiger partial charge in [0, 0.05) is 6.42 Å².